The summed E-state index contributed by atoms with van der Waals surface area (Å²) >= 11 is 4.68. The van der Waals surface area contributed by atoms with Crippen LogP contribution in [0.3, 0.4) is 0 Å². The lowest BCUT2D eigenvalue weighted by atomic mass is 10.3. The first-order valence-electron chi connectivity index (χ1n) is 3.58. The lowest BCUT2D eigenvalue weighted by Crippen LogP contribution is -2.02. The second-order valence-corrected chi connectivity index (χ2v) is 5.03. The Morgan fingerprint density at radius 2 is 2.23 bits per heavy atom. The van der Waals surface area contributed by atoms with Crippen LogP contribution in [0.25, 0.3) is 0 Å². The van der Waals surface area contributed by atoms with E-state index in [2.05, 4.69) is 27.9 Å². The molecule has 0 amide bonds. The van der Waals surface area contributed by atoms with Gasteiger partial charge in [0.05, 0.1) is 8.66 Å². The number of halogens is 1. The van der Waals surface area contributed by atoms with Crippen LogP contribution in [0, 0.1) is 12.0 Å². The molecule has 1 aromatic rings. The van der Waals surface area contributed by atoms with Crippen molar-refractivity contribution in [2.24, 2.45) is 0 Å². The van der Waals surface area contributed by atoms with Crippen molar-refractivity contribution in [3.63, 3.8) is 0 Å². The Hall–Kier alpha value is -0.790. The zero-order chi connectivity index (χ0) is 9.84. The number of hydrogen-bond donors (Lipinski definition) is 0. The maximum atomic E-state index is 11.4. The van der Waals surface area contributed by atoms with Crippen molar-refractivity contribution in [1.29, 1.82) is 0 Å². The Morgan fingerprint density at radius 3 is 2.69 bits per heavy atom. The first-order valence-corrected chi connectivity index (χ1v) is 5.19. The van der Waals surface area contributed by atoms with Gasteiger partial charge in [-0.05, 0) is 28.1 Å². The van der Waals surface area contributed by atoms with E-state index in [1.54, 1.807) is 25.1 Å². The Kier molecular flexibility index (Phi) is 3.52. The van der Waals surface area contributed by atoms with Gasteiger partial charge >= 0.3 is 0 Å². The van der Waals surface area contributed by atoms with E-state index in [0.29, 0.717) is 4.88 Å². The van der Waals surface area contributed by atoms with Crippen molar-refractivity contribution >= 4 is 33.0 Å². The first kappa shape index (κ1) is 10.3. The molecule has 0 saturated carbocycles. The third kappa shape index (κ3) is 3.21. The molecule has 0 spiro atoms. The van der Waals surface area contributed by atoms with E-state index in [-0.39, 0.29) is 5.78 Å². The van der Waals surface area contributed by atoms with Gasteiger partial charge in [-0.1, -0.05) is 0 Å². The molecule has 4 heteroatoms. The summed E-state index contributed by atoms with van der Waals surface area (Å²) in [7, 11) is 3.59. The molecular weight excluding hydrogens is 250 g/mol. The lowest BCUT2D eigenvalue weighted by Gasteiger charge is -1.96. The highest BCUT2D eigenvalue weighted by atomic mass is 79.9. The Labute approximate surface area is 89.7 Å². The number of rotatable bonds is 1. The average molecular weight is 258 g/mol. The summed E-state index contributed by atoms with van der Waals surface area (Å²) in [5.41, 5.74) is 0. The Bertz CT molecular complexity index is 372. The molecule has 68 valence electrons. The van der Waals surface area contributed by atoms with Crippen LogP contribution < -0.4 is 0 Å². The van der Waals surface area contributed by atoms with Crippen LogP contribution >= 0.6 is 27.3 Å². The largest absolute Gasteiger partial charge is 0.338 e. The number of thiophene rings is 1. The minimum atomic E-state index is -0.135. The smallest absolute Gasteiger partial charge is 0.247 e. The third-order valence-electron chi connectivity index (χ3n) is 1.19. The van der Waals surface area contributed by atoms with Crippen molar-refractivity contribution < 1.29 is 4.79 Å². The van der Waals surface area contributed by atoms with Gasteiger partial charge in [-0.3, -0.25) is 4.79 Å². The number of hydrogen-bond acceptors (Lipinski definition) is 3. The van der Waals surface area contributed by atoms with Gasteiger partial charge < -0.3 is 4.90 Å². The highest BCUT2D eigenvalue weighted by Crippen LogP contribution is 2.21. The van der Waals surface area contributed by atoms with Crippen molar-refractivity contribution in [2.45, 2.75) is 0 Å². The van der Waals surface area contributed by atoms with Gasteiger partial charge in [0.2, 0.25) is 5.78 Å². The number of carbonyl (C=O) groups is 1. The van der Waals surface area contributed by atoms with Crippen LogP contribution in [-0.2, 0) is 0 Å². The van der Waals surface area contributed by atoms with Gasteiger partial charge in [-0.2, -0.15) is 0 Å². The molecule has 13 heavy (non-hydrogen) atoms. The molecule has 0 atom stereocenters. The van der Waals surface area contributed by atoms with Crippen LogP contribution in [0.5, 0.6) is 0 Å². The fraction of sp³-hybridized carbons (Fsp3) is 0.222. The van der Waals surface area contributed by atoms with Crippen LogP contribution in [0.4, 0.5) is 0 Å². The highest BCUT2D eigenvalue weighted by molar-refractivity contribution is 9.11. The number of nitrogens with zero attached hydrogens (tertiary/aromatic N) is 1. The molecule has 0 aliphatic rings. The molecule has 0 N–H and O–H groups in total. The first-order chi connectivity index (χ1) is 6.09. The van der Waals surface area contributed by atoms with E-state index in [9.17, 15) is 4.79 Å². The van der Waals surface area contributed by atoms with Gasteiger partial charge in [-0.25, -0.2) is 0 Å². The molecule has 1 aromatic heterocycles. The molecular formula is C9H8BrNOS. The summed E-state index contributed by atoms with van der Waals surface area (Å²) < 4.78 is 0.947. The summed E-state index contributed by atoms with van der Waals surface area (Å²) in [6, 6.07) is 6.29. The van der Waals surface area contributed by atoms with Crippen LogP contribution in [0.1, 0.15) is 9.67 Å². The van der Waals surface area contributed by atoms with Gasteiger partial charge in [0.15, 0.2) is 0 Å². The standard InChI is InChI=1S/C9H8BrNOS/c1-11(2)6-5-7(12)8-3-4-9(10)13-8/h3-4H,1-2H3. The zero-order valence-electron chi connectivity index (χ0n) is 7.30. The van der Waals surface area contributed by atoms with Crippen LogP contribution in [0.2, 0.25) is 0 Å². The average Bonchev–Trinajstić information content (AvgIpc) is 2.47. The fourth-order valence-electron chi connectivity index (χ4n) is 0.661. The van der Waals surface area contributed by atoms with Crippen LogP contribution in [0.15, 0.2) is 15.9 Å². The Morgan fingerprint density at radius 1 is 1.54 bits per heavy atom. The second-order valence-electron chi connectivity index (χ2n) is 2.56. The van der Waals surface area contributed by atoms with Gasteiger partial charge in [0.1, 0.15) is 0 Å². The SMILES string of the molecule is CN(C)C#CC(=O)c1ccc(Br)s1. The Balaban J connectivity index is 2.77. The van der Waals surface area contributed by atoms with Gasteiger partial charge in [0.25, 0.3) is 0 Å². The summed E-state index contributed by atoms with van der Waals surface area (Å²) in [6.07, 6.45) is 0. The molecule has 0 bridgehead atoms. The van der Waals surface area contributed by atoms with E-state index in [1.165, 1.54) is 11.3 Å². The molecule has 0 saturated heterocycles. The van der Waals surface area contributed by atoms with E-state index >= 15 is 0 Å². The highest BCUT2D eigenvalue weighted by Gasteiger charge is 2.04. The molecule has 2 nitrogen and oxygen atoms in total. The minimum Gasteiger partial charge on any atom is -0.338 e. The summed E-state index contributed by atoms with van der Waals surface area (Å²) in [6.45, 7) is 0. The molecule has 0 fully saturated rings. The van der Waals surface area contributed by atoms with Gasteiger partial charge in [-0.15, -0.1) is 11.3 Å². The fourth-order valence-corrected chi connectivity index (χ4v) is 1.94. The molecule has 0 aliphatic carbocycles. The normalized spacial score (nSPS) is 8.85. The summed E-state index contributed by atoms with van der Waals surface area (Å²) in [4.78, 5) is 13.7. The predicted octanol–water partition coefficient (Wildman–Crippen LogP) is 2.22. The molecule has 0 radical (unpaired) electrons. The monoisotopic (exact) mass is 257 g/mol. The molecule has 1 heterocycles. The zero-order valence-corrected chi connectivity index (χ0v) is 9.70. The third-order valence-corrected chi connectivity index (χ3v) is 2.81. The van der Waals surface area contributed by atoms with Crippen LogP contribution in [-0.4, -0.2) is 24.8 Å². The maximum Gasteiger partial charge on any atom is 0.247 e. The van der Waals surface area contributed by atoms with E-state index in [4.69, 9.17) is 0 Å². The second kappa shape index (κ2) is 4.45. The maximum absolute atomic E-state index is 11.4. The van der Waals surface area contributed by atoms with Crippen molar-refractivity contribution in [3.05, 3.63) is 20.8 Å². The summed E-state index contributed by atoms with van der Waals surface area (Å²) in [5, 5.41) is 0. The van der Waals surface area contributed by atoms with Crippen molar-refractivity contribution in [2.75, 3.05) is 14.1 Å². The summed E-state index contributed by atoms with van der Waals surface area (Å²) in [5.74, 6) is 2.40. The van der Waals surface area contributed by atoms with E-state index < -0.39 is 0 Å². The lowest BCUT2D eigenvalue weighted by molar-refractivity contribution is 0.105. The van der Waals surface area contributed by atoms with E-state index in [0.717, 1.165) is 3.79 Å². The molecule has 0 aliphatic heterocycles. The topological polar surface area (TPSA) is 20.3 Å². The molecule has 0 unspecified atom stereocenters. The quantitative estimate of drug-likeness (QED) is 0.437. The number of carbonyl (C=O) groups excluding carboxylic acids is 1. The van der Waals surface area contributed by atoms with E-state index in [1.807, 2.05) is 6.07 Å². The van der Waals surface area contributed by atoms with Crippen molar-refractivity contribution in [1.82, 2.24) is 4.90 Å². The van der Waals surface area contributed by atoms with Gasteiger partial charge in [0, 0.05) is 26.1 Å². The van der Waals surface area contributed by atoms with Crippen molar-refractivity contribution in [3.8, 4) is 12.0 Å². The number of Topliss-reactive ketones (excluding diaryl/α,β-unsaturated/α-hetero) is 1. The molecule has 1 rings (SSSR count). The molecule has 0 aromatic carbocycles. The minimum absolute atomic E-state index is 0.135. The number of ketones is 1. The predicted molar refractivity (Wildman–Crippen MR) is 57.8 cm³/mol.